The molecule has 0 saturated carbocycles. The Morgan fingerprint density at radius 3 is 2.86 bits per heavy atom. The lowest BCUT2D eigenvalue weighted by Gasteiger charge is -2.38. The standard InChI is InChI=1S/C13H20O/c1-11-7-6-9-13(2,3)12(11)8-4-5-10-14/h4-5,7,10,12H,6,8-9H2,1-3H3/b5-4+. The van der Waals surface area contributed by atoms with Crippen molar-refractivity contribution in [2.75, 3.05) is 0 Å². The fraction of sp³-hybridized carbons (Fsp3) is 0.615. The second kappa shape index (κ2) is 4.59. The SMILES string of the molecule is CC1=CCCC(C)(C)C1C/C=C/C=O. The smallest absolute Gasteiger partial charge is 0.142 e. The molecule has 1 atom stereocenters. The van der Waals surface area contributed by atoms with Crippen LogP contribution in [0.15, 0.2) is 23.8 Å². The van der Waals surface area contributed by atoms with Crippen molar-refractivity contribution in [3.05, 3.63) is 23.8 Å². The largest absolute Gasteiger partial charge is 0.299 e. The van der Waals surface area contributed by atoms with E-state index in [0.29, 0.717) is 11.3 Å². The summed E-state index contributed by atoms with van der Waals surface area (Å²) in [6.45, 7) is 6.85. The summed E-state index contributed by atoms with van der Waals surface area (Å²) in [6.07, 6.45) is 10.2. The van der Waals surface area contributed by atoms with Crippen molar-refractivity contribution in [2.45, 2.75) is 40.0 Å². The second-order valence-corrected chi connectivity index (χ2v) is 4.83. The van der Waals surface area contributed by atoms with E-state index in [1.807, 2.05) is 6.08 Å². The van der Waals surface area contributed by atoms with Crippen LogP contribution in [-0.2, 0) is 4.79 Å². The summed E-state index contributed by atoms with van der Waals surface area (Å²) < 4.78 is 0. The summed E-state index contributed by atoms with van der Waals surface area (Å²) in [7, 11) is 0. The predicted molar refractivity (Wildman–Crippen MR) is 60.1 cm³/mol. The first-order valence-corrected chi connectivity index (χ1v) is 5.35. The van der Waals surface area contributed by atoms with Gasteiger partial charge in [-0.25, -0.2) is 0 Å². The van der Waals surface area contributed by atoms with Crippen molar-refractivity contribution in [3.63, 3.8) is 0 Å². The summed E-state index contributed by atoms with van der Waals surface area (Å²) in [5, 5.41) is 0. The minimum Gasteiger partial charge on any atom is -0.299 e. The monoisotopic (exact) mass is 192 g/mol. The normalized spacial score (nSPS) is 26.2. The van der Waals surface area contributed by atoms with Crippen LogP contribution in [-0.4, -0.2) is 6.29 Å². The molecule has 0 aromatic rings. The summed E-state index contributed by atoms with van der Waals surface area (Å²) in [4.78, 5) is 10.2. The lowest BCUT2D eigenvalue weighted by atomic mass is 9.67. The van der Waals surface area contributed by atoms with E-state index >= 15 is 0 Å². The molecule has 1 nitrogen and oxygen atoms in total. The highest BCUT2D eigenvalue weighted by atomic mass is 16.1. The average molecular weight is 192 g/mol. The summed E-state index contributed by atoms with van der Waals surface area (Å²) in [5.74, 6) is 0.604. The highest BCUT2D eigenvalue weighted by molar-refractivity contribution is 5.64. The van der Waals surface area contributed by atoms with Gasteiger partial charge in [0.15, 0.2) is 0 Å². The molecule has 0 aliphatic heterocycles. The first-order valence-electron chi connectivity index (χ1n) is 5.35. The van der Waals surface area contributed by atoms with Gasteiger partial charge in [-0.2, -0.15) is 0 Å². The average Bonchev–Trinajstić information content (AvgIpc) is 2.09. The molecule has 0 saturated heterocycles. The third-order valence-corrected chi connectivity index (χ3v) is 3.33. The number of carbonyl (C=O) groups excluding carboxylic acids is 1. The molecule has 0 radical (unpaired) electrons. The van der Waals surface area contributed by atoms with Crippen LogP contribution in [0.2, 0.25) is 0 Å². The van der Waals surface area contributed by atoms with E-state index in [4.69, 9.17) is 0 Å². The first kappa shape index (κ1) is 11.2. The van der Waals surface area contributed by atoms with Crippen molar-refractivity contribution >= 4 is 6.29 Å². The van der Waals surface area contributed by atoms with Gasteiger partial charge in [-0.1, -0.05) is 31.6 Å². The van der Waals surface area contributed by atoms with Crippen LogP contribution in [0.4, 0.5) is 0 Å². The first-order chi connectivity index (χ1) is 6.58. The molecule has 0 aromatic carbocycles. The Labute approximate surface area is 86.9 Å². The van der Waals surface area contributed by atoms with E-state index in [-0.39, 0.29) is 0 Å². The van der Waals surface area contributed by atoms with E-state index in [1.165, 1.54) is 18.4 Å². The molecule has 1 rings (SSSR count). The molecule has 0 spiro atoms. The molecule has 0 fully saturated rings. The van der Waals surface area contributed by atoms with E-state index in [2.05, 4.69) is 26.8 Å². The van der Waals surface area contributed by atoms with Crippen molar-refractivity contribution in [3.8, 4) is 0 Å². The van der Waals surface area contributed by atoms with Crippen LogP contribution in [0.1, 0.15) is 40.0 Å². The van der Waals surface area contributed by atoms with Gasteiger partial charge in [0.1, 0.15) is 6.29 Å². The molecule has 0 aromatic heterocycles. The Morgan fingerprint density at radius 2 is 2.29 bits per heavy atom. The molecular weight excluding hydrogens is 172 g/mol. The van der Waals surface area contributed by atoms with E-state index in [1.54, 1.807) is 6.08 Å². The Hall–Kier alpha value is -0.850. The molecule has 1 heteroatoms. The number of allylic oxidation sites excluding steroid dienone is 4. The van der Waals surface area contributed by atoms with Gasteiger partial charge >= 0.3 is 0 Å². The van der Waals surface area contributed by atoms with Crippen molar-refractivity contribution < 1.29 is 4.79 Å². The van der Waals surface area contributed by atoms with Gasteiger partial charge in [-0.05, 0) is 43.6 Å². The van der Waals surface area contributed by atoms with Gasteiger partial charge in [0.25, 0.3) is 0 Å². The number of hydrogen-bond donors (Lipinski definition) is 0. The lowest BCUT2D eigenvalue weighted by Crippen LogP contribution is -2.27. The summed E-state index contributed by atoms with van der Waals surface area (Å²) in [6, 6.07) is 0. The number of rotatable bonds is 3. The van der Waals surface area contributed by atoms with Crippen LogP contribution in [0.25, 0.3) is 0 Å². The van der Waals surface area contributed by atoms with E-state index in [9.17, 15) is 4.79 Å². The van der Waals surface area contributed by atoms with E-state index < -0.39 is 0 Å². The number of carbonyl (C=O) groups is 1. The zero-order valence-corrected chi connectivity index (χ0v) is 9.42. The Kier molecular flexibility index (Phi) is 3.68. The van der Waals surface area contributed by atoms with Crippen LogP contribution in [0.5, 0.6) is 0 Å². The molecule has 1 aliphatic carbocycles. The van der Waals surface area contributed by atoms with Crippen molar-refractivity contribution in [1.29, 1.82) is 0 Å². The molecule has 0 heterocycles. The van der Waals surface area contributed by atoms with Gasteiger partial charge in [-0.15, -0.1) is 0 Å². The lowest BCUT2D eigenvalue weighted by molar-refractivity contribution is -0.104. The fourth-order valence-corrected chi connectivity index (χ4v) is 2.38. The van der Waals surface area contributed by atoms with E-state index in [0.717, 1.165) is 12.7 Å². The fourth-order valence-electron chi connectivity index (χ4n) is 2.38. The van der Waals surface area contributed by atoms with Gasteiger partial charge in [0.2, 0.25) is 0 Å². The minimum absolute atomic E-state index is 0.381. The molecule has 0 N–H and O–H groups in total. The van der Waals surface area contributed by atoms with Crippen LogP contribution >= 0.6 is 0 Å². The Balaban J connectivity index is 2.70. The molecule has 1 aliphatic rings. The Bertz CT molecular complexity index is 258. The molecular formula is C13H20O. The van der Waals surface area contributed by atoms with Gasteiger partial charge in [-0.3, -0.25) is 4.79 Å². The predicted octanol–water partition coefficient (Wildman–Crippen LogP) is 3.51. The van der Waals surface area contributed by atoms with Gasteiger partial charge in [0, 0.05) is 0 Å². The maximum absolute atomic E-state index is 10.2. The highest BCUT2D eigenvalue weighted by Crippen LogP contribution is 2.42. The van der Waals surface area contributed by atoms with Gasteiger partial charge in [0.05, 0.1) is 0 Å². The quantitative estimate of drug-likeness (QED) is 0.380. The maximum atomic E-state index is 10.2. The Morgan fingerprint density at radius 1 is 1.57 bits per heavy atom. The zero-order valence-electron chi connectivity index (χ0n) is 9.42. The van der Waals surface area contributed by atoms with Gasteiger partial charge < -0.3 is 0 Å². The van der Waals surface area contributed by atoms with Crippen LogP contribution in [0, 0.1) is 11.3 Å². The third-order valence-electron chi connectivity index (χ3n) is 3.33. The maximum Gasteiger partial charge on any atom is 0.142 e. The van der Waals surface area contributed by atoms with Crippen molar-refractivity contribution in [1.82, 2.24) is 0 Å². The molecule has 0 bridgehead atoms. The molecule has 78 valence electrons. The zero-order chi connectivity index (χ0) is 10.6. The number of hydrogen-bond acceptors (Lipinski definition) is 1. The summed E-state index contributed by atoms with van der Waals surface area (Å²) in [5.41, 5.74) is 1.86. The summed E-state index contributed by atoms with van der Waals surface area (Å²) >= 11 is 0. The molecule has 0 amide bonds. The second-order valence-electron chi connectivity index (χ2n) is 4.83. The minimum atomic E-state index is 0.381. The van der Waals surface area contributed by atoms with Crippen LogP contribution < -0.4 is 0 Å². The van der Waals surface area contributed by atoms with Crippen molar-refractivity contribution in [2.24, 2.45) is 11.3 Å². The van der Waals surface area contributed by atoms with Crippen LogP contribution in [0.3, 0.4) is 0 Å². The number of aldehydes is 1. The molecule has 1 unspecified atom stereocenters. The third kappa shape index (κ3) is 2.57. The topological polar surface area (TPSA) is 17.1 Å². The highest BCUT2D eigenvalue weighted by Gasteiger charge is 2.31. The molecule has 14 heavy (non-hydrogen) atoms.